The first-order chi connectivity index (χ1) is 11.8. The van der Waals surface area contributed by atoms with Gasteiger partial charge in [0.25, 0.3) is 5.91 Å². The fraction of sp³-hybridized carbons (Fsp3) is 0.471. The Bertz CT molecular complexity index is 751. The van der Waals surface area contributed by atoms with Gasteiger partial charge in [-0.15, -0.1) is 0 Å². The molecule has 8 heteroatoms. The Morgan fingerprint density at radius 3 is 2.56 bits per heavy atom. The van der Waals surface area contributed by atoms with Crippen LogP contribution >= 0.6 is 0 Å². The molecule has 3 rings (SSSR count). The number of amides is 3. The van der Waals surface area contributed by atoms with E-state index in [9.17, 15) is 18.4 Å². The maximum Gasteiger partial charge on any atom is 0.318 e. The van der Waals surface area contributed by atoms with Crippen molar-refractivity contribution in [3.05, 3.63) is 34.9 Å². The molecular weight excluding hydrogens is 330 g/mol. The molecule has 0 bridgehead atoms. The number of nitriles is 1. The quantitative estimate of drug-likeness (QED) is 0.886. The molecule has 2 atom stereocenters. The van der Waals surface area contributed by atoms with Crippen LogP contribution < -0.4 is 5.32 Å². The van der Waals surface area contributed by atoms with Crippen molar-refractivity contribution in [2.45, 2.75) is 38.4 Å². The number of likely N-dealkylation sites (tertiary alicyclic amines) is 1. The van der Waals surface area contributed by atoms with E-state index < -0.39 is 23.1 Å². The fourth-order valence-corrected chi connectivity index (χ4v) is 3.60. The molecule has 0 radical (unpaired) electrons. The van der Waals surface area contributed by atoms with Crippen LogP contribution in [-0.2, 0) is 0 Å². The van der Waals surface area contributed by atoms with Crippen LogP contribution in [0.15, 0.2) is 12.1 Å². The van der Waals surface area contributed by atoms with E-state index in [1.165, 1.54) is 4.90 Å². The first-order valence-corrected chi connectivity index (χ1v) is 8.10. The largest absolute Gasteiger partial charge is 0.336 e. The third-order valence-corrected chi connectivity index (χ3v) is 4.71. The van der Waals surface area contributed by atoms with Gasteiger partial charge in [0.15, 0.2) is 0 Å². The number of halogens is 2. The SMILES string of the molecule is CC(C)N1C(=O)N[C@@H]2CN(C(=O)c3c(F)cc(C#N)cc3F)CC[C@@H]21. The minimum atomic E-state index is -1.05. The molecule has 1 N–H and O–H groups in total. The van der Waals surface area contributed by atoms with Crippen molar-refractivity contribution in [2.75, 3.05) is 13.1 Å². The molecule has 0 saturated carbocycles. The number of piperidine rings is 1. The minimum absolute atomic E-state index is 0.0330. The van der Waals surface area contributed by atoms with Crippen LogP contribution in [0, 0.1) is 23.0 Å². The number of nitrogens with one attached hydrogen (secondary N) is 1. The second kappa shape index (κ2) is 6.31. The van der Waals surface area contributed by atoms with Gasteiger partial charge in [-0.3, -0.25) is 4.79 Å². The number of carbonyl (C=O) groups is 2. The Kier molecular flexibility index (Phi) is 4.33. The first kappa shape index (κ1) is 17.1. The Balaban J connectivity index is 1.81. The van der Waals surface area contributed by atoms with Gasteiger partial charge in [0.2, 0.25) is 0 Å². The average Bonchev–Trinajstić information content (AvgIpc) is 2.88. The highest BCUT2D eigenvalue weighted by Crippen LogP contribution is 2.26. The molecule has 2 heterocycles. The molecule has 0 spiro atoms. The summed E-state index contributed by atoms with van der Waals surface area (Å²) in [5, 5.41) is 11.6. The zero-order valence-corrected chi connectivity index (χ0v) is 13.9. The lowest BCUT2D eigenvalue weighted by Gasteiger charge is -2.38. The summed E-state index contributed by atoms with van der Waals surface area (Å²) >= 11 is 0. The van der Waals surface area contributed by atoms with E-state index in [0.717, 1.165) is 12.1 Å². The highest BCUT2D eigenvalue weighted by Gasteiger charge is 2.44. The Hall–Kier alpha value is -2.69. The van der Waals surface area contributed by atoms with E-state index in [-0.39, 0.29) is 36.3 Å². The van der Waals surface area contributed by atoms with Crippen LogP contribution in [0.2, 0.25) is 0 Å². The monoisotopic (exact) mass is 348 g/mol. The lowest BCUT2D eigenvalue weighted by atomic mass is 9.98. The van der Waals surface area contributed by atoms with Crippen LogP contribution in [0.5, 0.6) is 0 Å². The van der Waals surface area contributed by atoms with Crippen molar-refractivity contribution >= 4 is 11.9 Å². The predicted molar refractivity (Wildman–Crippen MR) is 84.7 cm³/mol. The van der Waals surface area contributed by atoms with Crippen LogP contribution in [-0.4, -0.2) is 53.0 Å². The van der Waals surface area contributed by atoms with Gasteiger partial charge in [-0.1, -0.05) is 0 Å². The number of urea groups is 1. The summed E-state index contributed by atoms with van der Waals surface area (Å²) in [6, 6.07) is 2.89. The van der Waals surface area contributed by atoms with Gasteiger partial charge in [-0.2, -0.15) is 5.26 Å². The molecule has 132 valence electrons. The Labute approximate surface area is 144 Å². The predicted octanol–water partition coefficient (Wildman–Crippen LogP) is 1.85. The number of carbonyl (C=O) groups excluding carboxylic acids is 2. The summed E-state index contributed by atoms with van der Waals surface area (Å²) in [6.45, 7) is 4.33. The van der Waals surface area contributed by atoms with E-state index in [0.29, 0.717) is 13.0 Å². The van der Waals surface area contributed by atoms with Crippen LogP contribution in [0.4, 0.5) is 13.6 Å². The molecule has 1 aromatic rings. The van der Waals surface area contributed by atoms with Crippen molar-refractivity contribution < 1.29 is 18.4 Å². The van der Waals surface area contributed by atoms with Crippen molar-refractivity contribution in [3.8, 4) is 6.07 Å². The molecule has 2 fully saturated rings. The van der Waals surface area contributed by atoms with E-state index in [1.54, 1.807) is 11.0 Å². The van der Waals surface area contributed by atoms with Crippen LogP contribution in [0.1, 0.15) is 36.2 Å². The van der Waals surface area contributed by atoms with E-state index in [4.69, 9.17) is 5.26 Å². The van der Waals surface area contributed by atoms with Gasteiger partial charge in [0, 0.05) is 19.1 Å². The van der Waals surface area contributed by atoms with Gasteiger partial charge in [-0.05, 0) is 32.4 Å². The van der Waals surface area contributed by atoms with E-state index in [1.807, 2.05) is 13.8 Å². The second-order valence-electron chi connectivity index (χ2n) is 6.59. The fourth-order valence-electron chi connectivity index (χ4n) is 3.60. The highest BCUT2D eigenvalue weighted by atomic mass is 19.1. The van der Waals surface area contributed by atoms with Crippen LogP contribution in [0.25, 0.3) is 0 Å². The molecule has 6 nitrogen and oxygen atoms in total. The van der Waals surface area contributed by atoms with Gasteiger partial charge in [0.1, 0.15) is 17.2 Å². The summed E-state index contributed by atoms with van der Waals surface area (Å²) in [7, 11) is 0. The smallest absolute Gasteiger partial charge is 0.318 e. The molecule has 0 unspecified atom stereocenters. The number of rotatable bonds is 2. The standard InChI is InChI=1S/C17H18F2N4O2/c1-9(2)23-14-3-4-22(8-13(14)21-17(23)25)16(24)15-11(18)5-10(7-20)6-12(15)19/h5-6,9,13-14H,3-4,8H2,1-2H3,(H,21,25)/t13-,14+/m1/s1. The minimum Gasteiger partial charge on any atom is -0.336 e. The molecule has 2 saturated heterocycles. The van der Waals surface area contributed by atoms with Crippen molar-refractivity contribution in [2.24, 2.45) is 0 Å². The number of nitrogens with zero attached hydrogens (tertiary/aromatic N) is 3. The van der Waals surface area contributed by atoms with Gasteiger partial charge in [-0.25, -0.2) is 13.6 Å². The molecule has 1 aromatic carbocycles. The molecule has 3 amide bonds. The Morgan fingerprint density at radius 2 is 2.00 bits per heavy atom. The lowest BCUT2D eigenvalue weighted by Crippen LogP contribution is -2.53. The Morgan fingerprint density at radius 1 is 1.36 bits per heavy atom. The molecule has 2 aliphatic heterocycles. The van der Waals surface area contributed by atoms with Gasteiger partial charge >= 0.3 is 6.03 Å². The molecule has 25 heavy (non-hydrogen) atoms. The third kappa shape index (κ3) is 2.90. The zero-order chi connectivity index (χ0) is 18.3. The number of fused-ring (bicyclic) bond motifs is 1. The van der Waals surface area contributed by atoms with Crippen molar-refractivity contribution in [1.82, 2.24) is 15.1 Å². The lowest BCUT2D eigenvalue weighted by molar-refractivity contribution is 0.0635. The summed E-state index contributed by atoms with van der Waals surface area (Å²) in [4.78, 5) is 27.7. The second-order valence-corrected chi connectivity index (χ2v) is 6.59. The van der Waals surface area contributed by atoms with E-state index in [2.05, 4.69) is 5.32 Å². The van der Waals surface area contributed by atoms with Gasteiger partial charge in [0.05, 0.1) is 23.7 Å². The molecule has 0 aliphatic carbocycles. The summed E-state index contributed by atoms with van der Waals surface area (Å²) in [5.41, 5.74) is -0.844. The third-order valence-electron chi connectivity index (χ3n) is 4.71. The molecule has 0 aromatic heterocycles. The summed E-state index contributed by atoms with van der Waals surface area (Å²) in [6.07, 6.45) is 0.535. The van der Waals surface area contributed by atoms with E-state index >= 15 is 0 Å². The zero-order valence-electron chi connectivity index (χ0n) is 13.9. The number of benzene rings is 1. The number of hydrogen-bond donors (Lipinski definition) is 1. The molecular formula is C17H18F2N4O2. The number of hydrogen-bond acceptors (Lipinski definition) is 3. The first-order valence-electron chi connectivity index (χ1n) is 8.10. The normalized spacial score (nSPS) is 22.6. The van der Waals surface area contributed by atoms with Crippen LogP contribution in [0.3, 0.4) is 0 Å². The summed E-state index contributed by atoms with van der Waals surface area (Å²) < 4.78 is 28.2. The maximum absolute atomic E-state index is 14.1. The van der Waals surface area contributed by atoms with Crippen molar-refractivity contribution in [1.29, 1.82) is 5.26 Å². The maximum atomic E-state index is 14.1. The summed E-state index contributed by atoms with van der Waals surface area (Å²) in [5.74, 6) is -2.87. The van der Waals surface area contributed by atoms with Crippen molar-refractivity contribution in [3.63, 3.8) is 0 Å². The van der Waals surface area contributed by atoms with Gasteiger partial charge < -0.3 is 15.1 Å². The highest BCUT2D eigenvalue weighted by molar-refractivity contribution is 5.95. The molecule has 2 aliphatic rings. The topological polar surface area (TPSA) is 76.4 Å². The average molecular weight is 348 g/mol.